The van der Waals surface area contributed by atoms with E-state index in [0.717, 1.165) is 43.2 Å². The predicted octanol–water partition coefficient (Wildman–Crippen LogP) is 3.43. The van der Waals surface area contributed by atoms with Crippen LogP contribution in [0.1, 0.15) is 25.3 Å². The van der Waals surface area contributed by atoms with E-state index in [2.05, 4.69) is 42.3 Å². The lowest BCUT2D eigenvalue weighted by atomic mass is 9.92. The van der Waals surface area contributed by atoms with Gasteiger partial charge in [0.05, 0.1) is 4.47 Å². The molecule has 0 saturated carbocycles. The summed E-state index contributed by atoms with van der Waals surface area (Å²) in [5.41, 5.74) is 6.17. The molecule has 3 aliphatic heterocycles. The van der Waals surface area contributed by atoms with Crippen LogP contribution in [-0.2, 0) is 6.54 Å². The average molecular weight is 424 g/mol. The molecule has 4 rings (SSSR count). The first kappa shape index (κ1) is 17.8. The molecule has 1 saturated heterocycles. The molecule has 1 fully saturated rings. The number of fused-ring (bicyclic) bond motifs is 1. The monoisotopic (exact) mass is 423 g/mol. The summed E-state index contributed by atoms with van der Waals surface area (Å²) in [5.74, 6) is -0.577. The molecule has 138 valence electrons. The van der Waals surface area contributed by atoms with Crippen LogP contribution in [0.25, 0.3) is 0 Å². The number of nitrogens with one attached hydrogen (secondary N) is 1. The highest BCUT2D eigenvalue weighted by molar-refractivity contribution is 9.10. The van der Waals surface area contributed by atoms with Gasteiger partial charge in [0.15, 0.2) is 11.6 Å². The third kappa shape index (κ3) is 3.45. The predicted molar refractivity (Wildman–Crippen MR) is 101 cm³/mol. The van der Waals surface area contributed by atoms with Crippen molar-refractivity contribution >= 4 is 27.6 Å². The van der Waals surface area contributed by atoms with Gasteiger partial charge in [0.2, 0.25) is 5.96 Å². The van der Waals surface area contributed by atoms with Gasteiger partial charge in [-0.3, -0.25) is 4.90 Å². The van der Waals surface area contributed by atoms with Crippen molar-refractivity contribution in [2.45, 2.75) is 26.3 Å². The first-order valence-corrected chi connectivity index (χ1v) is 9.51. The number of nitrogens with zero attached hydrogens (tertiary/aromatic N) is 4. The van der Waals surface area contributed by atoms with Gasteiger partial charge >= 0.3 is 0 Å². The van der Waals surface area contributed by atoms with Crippen LogP contribution in [0.15, 0.2) is 38.4 Å². The number of hydrazine groups is 1. The molecule has 0 bridgehead atoms. The Morgan fingerprint density at radius 1 is 1.35 bits per heavy atom. The van der Waals surface area contributed by atoms with Crippen LogP contribution in [0.4, 0.5) is 8.78 Å². The maximum Gasteiger partial charge on any atom is 0.241 e. The highest BCUT2D eigenvalue weighted by atomic mass is 79.9. The molecule has 3 aliphatic rings. The molecular formula is C18H20BrF2N5. The summed E-state index contributed by atoms with van der Waals surface area (Å²) in [5, 5.41) is 1.98. The summed E-state index contributed by atoms with van der Waals surface area (Å²) in [6.07, 6.45) is 4.26. The number of aliphatic imine (C=N–C) groups is 2. The van der Waals surface area contributed by atoms with Crippen molar-refractivity contribution in [3.8, 4) is 0 Å². The fourth-order valence-electron chi connectivity index (χ4n) is 3.78. The van der Waals surface area contributed by atoms with Crippen molar-refractivity contribution in [2.75, 3.05) is 19.8 Å². The minimum Gasteiger partial charge on any atom is -0.298 e. The number of benzene rings is 1. The van der Waals surface area contributed by atoms with Gasteiger partial charge in [-0.15, -0.1) is 0 Å². The Hall–Kier alpha value is -1.64. The summed E-state index contributed by atoms with van der Waals surface area (Å²) >= 11 is 3.09. The van der Waals surface area contributed by atoms with Crippen molar-refractivity contribution in [3.63, 3.8) is 0 Å². The number of hydrogen-bond donors (Lipinski definition) is 1. The second kappa shape index (κ2) is 7.17. The number of guanidine groups is 1. The molecule has 0 spiro atoms. The lowest BCUT2D eigenvalue weighted by molar-refractivity contribution is 0.166. The summed E-state index contributed by atoms with van der Waals surface area (Å²) in [7, 11) is 0. The van der Waals surface area contributed by atoms with E-state index in [9.17, 15) is 8.78 Å². The van der Waals surface area contributed by atoms with Crippen LogP contribution in [0.5, 0.6) is 0 Å². The topological polar surface area (TPSA) is 43.2 Å². The Balaban J connectivity index is 1.50. The van der Waals surface area contributed by atoms with Gasteiger partial charge in [0.1, 0.15) is 6.67 Å². The van der Waals surface area contributed by atoms with Crippen LogP contribution < -0.4 is 5.43 Å². The third-order valence-corrected chi connectivity index (χ3v) is 5.49. The van der Waals surface area contributed by atoms with Gasteiger partial charge < -0.3 is 0 Å². The van der Waals surface area contributed by atoms with E-state index in [4.69, 9.17) is 0 Å². The molecule has 0 amide bonds. The van der Waals surface area contributed by atoms with Crippen molar-refractivity contribution in [1.82, 2.24) is 15.3 Å². The standard InChI is InChI=1S/C18H20BrF2N5/c1-11-5-16(26-18(24-11)22-10-23-26)13-3-2-4-25(9-13)8-12-6-14(19)17(21)15(20)7-12/h5-7,13,23H,2-4,8-10H2,1H3. The van der Waals surface area contributed by atoms with Crippen LogP contribution in [0.2, 0.25) is 0 Å². The van der Waals surface area contributed by atoms with Crippen LogP contribution in [0, 0.1) is 17.6 Å². The maximum atomic E-state index is 13.7. The van der Waals surface area contributed by atoms with Crippen molar-refractivity contribution in [3.05, 3.63) is 45.6 Å². The van der Waals surface area contributed by atoms with E-state index < -0.39 is 11.6 Å². The van der Waals surface area contributed by atoms with E-state index >= 15 is 0 Å². The van der Waals surface area contributed by atoms with E-state index in [-0.39, 0.29) is 4.47 Å². The van der Waals surface area contributed by atoms with Gasteiger partial charge in [-0.2, -0.15) is 0 Å². The Morgan fingerprint density at radius 2 is 2.19 bits per heavy atom. The van der Waals surface area contributed by atoms with Gasteiger partial charge in [-0.05, 0) is 66.0 Å². The zero-order valence-electron chi connectivity index (χ0n) is 14.5. The summed E-state index contributed by atoms with van der Waals surface area (Å²) in [6, 6.07) is 2.94. The van der Waals surface area contributed by atoms with Crippen LogP contribution in [0.3, 0.4) is 0 Å². The van der Waals surface area contributed by atoms with Crippen LogP contribution in [-0.4, -0.2) is 41.3 Å². The molecular weight excluding hydrogens is 404 g/mol. The molecule has 0 aliphatic carbocycles. The minimum atomic E-state index is -0.834. The average Bonchev–Trinajstić information content (AvgIpc) is 3.07. The lowest BCUT2D eigenvalue weighted by Gasteiger charge is -2.37. The smallest absolute Gasteiger partial charge is 0.241 e. The second-order valence-corrected chi connectivity index (χ2v) is 7.73. The zero-order chi connectivity index (χ0) is 18.3. The molecule has 0 aromatic heterocycles. The Kier molecular flexibility index (Phi) is 4.90. The van der Waals surface area contributed by atoms with E-state index in [1.807, 2.05) is 11.9 Å². The normalized spacial score (nSPS) is 23.5. The van der Waals surface area contributed by atoms with Gasteiger partial charge in [0.25, 0.3) is 0 Å². The Bertz CT molecular complexity index is 797. The first-order chi connectivity index (χ1) is 12.5. The largest absolute Gasteiger partial charge is 0.298 e. The molecule has 5 nitrogen and oxygen atoms in total. The highest BCUT2D eigenvalue weighted by Gasteiger charge is 2.32. The molecule has 26 heavy (non-hydrogen) atoms. The van der Waals surface area contributed by atoms with E-state index in [1.54, 1.807) is 6.07 Å². The maximum absolute atomic E-state index is 13.7. The van der Waals surface area contributed by atoms with Gasteiger partial charge in [-0.1, -0.05) is 0 Å². The number of likely N-dealkylation sites (tertiary alicyclic amines) is 1. The lowest BCUT2D eigenvalue weighted by Crippen LogP contribution is -2.45. The van der Waals surface area contributed by atoms with Crippen LogP contribution >= 0.6 is 15.9 Å². The highest BCUT2D eigenvalue weighted by Crippen LogP contribution is 2.30. The fraction of sp³-hybridized carbons (Fsp3) is 0.444. The number of hydrogen-bond acceptors (Lipinski definition) is 5. The Labute approximate surface area is 159 Å². The summed E-state index contributed by atoms with van der Waals surface area (Å²) in [4.78, 5) is 11.1. The number of allylic oxidation sites excluding steroid dienone is 1. The molecule has 1 N–H and O–H groups in total. The van der Waals surface area contributed by atoms with Crippen molar-refractivity contribution < 1.29 is 8.78 Å². The minimum absolute atomic E-state index is 0.171. The fourth-order valence-corrected chi connectivity index (χ4v) is 4.26. The summed E-state index contributed by atoms with van der Waals surface area (Å²) in [6.45, 7) is 4.93. The molecule has 0 radical (unpaired) electrons. The second-order valence-electron chi connectivity index (χ2n) is 6.88. The molecule has 1 aromatic rings. The quantitative estimate of drug-likeness (QED) is 0.757. The molecule has 8 heteroatoms. The first-order valence-electron chi connectivity index (χ1n) is 8.72. The number of rotatable bonds is 3. The molecule has 3 heterocycles. The summed E-state index contributed by atoms with van der Waals surface area (Å²) < 4.78 is 27.3. The van der Waals surface area contributed by atoms with Gasteiger partial charge in [0, 0.05) is 30.4 Å². The van der Waals surface area contributed by atoms with Crippen molar-refractivity contribution in [1.29, 1.82) is 0 Å². The third-order valence-electron chi connectivity index (χ3n) is 4.91. The Morgan fingerprint density at radius 3 is 3.00 bits per heavy atom. The molecule has 1 aromatic carbocycles. The van der Waals surface area contributed by atoms with Gasteiger partial charge in [-0.25, -0.2) is 29.2 Å². The van der Waals surface area contributed by atoms with E-state index in [1.165, 1.54) is 11.8 Å². The van der Waals surface area contributed by atoms with E-state index in [0.29, 0.717) is 19.1 Å². The zero-order valence-corrected chi connectivity index (χ0v) is 16.1. The van der Waals surface area contributed by atoms with Crippen molar-refractivity contribution in [2.24, 2.45) is 15.9 Å². The number of halogens is 3. The molecule has 1 unspecified atom stereocenters. The molecule has 1 atom stereocenters. The number of piperidine rings is 1. The SMILES string of the molecule is CC1=NC2=NCNN2C(C2CCCN(Cc3cc(F)c(F)c(Br)c3)C2)=C1.